The van der Waals surface area contributed by atoms with E-state index in [0.29, 0.717) is 34.8 Å². The molecule has 0 bridgehead atoms. The van der Waals surface area contributed by atoms with Crippen LogP contribution in [0.4, 0.5) is 11.4 Å². The van der Waals surface area contributed by atoms with Gasteiger partial charge in [-0.2, -0.15) is 5.10 Å². The van der Waals surface area contributed by atoms with Crippen molar-refractivity contribution in [1.82, 2.24) is 29.9 Å². The summed E-state index contributed by atoms with van der Waals surface area (Å²) in [5.41, 5.74) is 1.61. The Hall–Kier alpha value is -3.07. The molecule has 0 amide bonds. The van der Waals surface area contributed by atoms with Gasteiger partial charge in [-0.05, 0) is 0 Å². The van der Waals surface area contributed by atoms with Crippen LogP contribution in [0.1, 0.15) is 10.5 Å². The van der Waals surface area contributed by atoms with Crippen LogP contribution in [0.15, 0.2) is 24.8 Å². The van der Waals surface area contributed by atoms with Gasteiger partial charge in [0.15, 0.2) is 23.0 Å². The molecule has 0 atom stereocenters. The van der Waals surface area contributed by atoms with E-state index in [2.05, 4.69) is 30.6 Å². The fourth-order valence-corrected chi connectivity index (χ4v) is 2.24. The predicted molar refractivity (Wildman–Crippen MR) is 86.5 cm³/mol. The van der Waals surface area contributed by atoms with Crippen molar-refractivity contribution in [3.05, 3.63) is 35.6 Å². The molecule has 10 heteroatoms. The Morgan fingerprint density at radius 1 is 1.29 bits per heavy atom. The molecule has 0 aliphatic carbocycles. The number of ether oxygens (including phenoxy) is 1. The van der Waals surface area contributed by atoms with Gasteiger partial charge in [-0.1, -0.05) is 11.6 Å². The molecule has 122 valence electrons. The van der Waals surface area contributed by atoms with Crippen LogP contribution in [-0.2, 0) is 7.05 Å². The second kappa shape index (κ2) is 6.59. The van der Waals surface area contributed by atoms with E-state index in [9.17, 15) is 4.79 Å². The van der Waals surface area contributed by atoms with Gasteiger partial charge in [0.25, 0.3) is 0 Å². The highest BCUT2D eigenvalue weighted by Crippen LogP contribution is 2.35. The molecule has 24 heavy (non-hydrogen) atoms. The molecule has 0 aliphatic heterocycles. The number of anilines is 2. The molecule has 3 rings (SSSR count). The summed E-state index contributed by atoms with van der Waals surface area (Å²) in [6.07, 6.45) is 5.30. The van der Waals surface area contributed by atoms with Crippen molar-refractivity contribution in [3.63, 3.8) is 0 Å². The van der Waals surface area contributed by atoms with Crippen LogP contribution in [0, 0.1) is 0 Å². The first-order valence-electron chi connectivity index (χ1n) is 6.75. The monoisotopic (exact) mass is 345 g/mol. The van der Waals surface area contributed by atoms with Crippen LogP contribution < -0.4 is 10.1 Å². The average molecular weight is 346 g/mol. The summed E-state index contributed by atoms with van der Waals surface area (Å²) < 4.78 is 7.04. The number of rotatable bonds is 5. The fourth-order valence-electron chi connectivity index (χ4n) is 2.09. The topological polar surface area (TPSA) is 108 Å². The van der Waals surface area contributed by atoms with Gasteiger partial charge in [0.1, 0.15) is 17.7 Å². The minimum atomic E-state index is 0.114. The van der Waals surface area contributed by atoms with Crippen LogP contribution in [-0.4, -0.2) is 43.3 Å². The summed E-state index contributed by atoms with van der Waals surface area (Å²) in [5.74, 6) is 0.938. The number of hydrogen-bond acceptors (Lipinski definition) is 8. The highest BCUT2D eigenvalue weighted by molar-refractivity contribution is 6.29. The lowest BCUT2D eigenvalue weighted by Gasteiger charge is -2.13. The Kier molecular flexibility index (Phi) is 4.34. The molecule has 0 aliphatic rings. The average Bonchev–Trinajstić information content (AvgIpc) is 3.01. The zero-order valence-corrected chi connectivity index (χ0v) is 13.5. The van der Waals surface area contributed by atoms with E-state index in [1.807, 2.05) is 0 Å². The molecule has 0 fully saturated rings. The van der Waals surface area contributed by atoms with Crippen molar-refractivity contribution in [1.29, 1.82) is 0 Å². The second-order valence-corrected chi connectivity index (χ2v) is 5.11. The number of nitrogens with zero attached hydrogens (tertiary/aromatic N) is 6. The molecule has 0 radical (unpaired) electrons. The van der Waals surface area contributed by atoms with Gasteiger partial charge in [-0.25, -0.2) is 4.98 Å². The van der Waals surface area contributed by atoms with Crippen LogP contribution in [0.2, 0.25) is 5.15 Å². The summed E-state index contributed by atoms with van der Waals surface area (Å²) in [5, 5.41) is 14.8. The Balaban J connectivity index is 2.06. The van der Waals surface area contributed by atoms with Gasteiger partial charge in [0.05, 0.1) is 24.6 Å². The molecular weight excluding hydrogens is 334 g/mol. The normalized spacial score (nSPS) is 10.5. The second-order valence-electron chi connectivity index (χ2n) is 4.72. The Labute approximate surface area is 141 Å². The molecule has 0 spiro atoms. The zero-order chi connectivity index (χ0) is 17.1. The molecule has 0 aromatic carbocycles. The number of halogens is 1. The Morgan fingerprint density at radius 2 is 2.12 bits per heavy atom. The first-order chi connectivity index (χ1) is 11.6. The largest absolute Gasteiger partial charge is 0.494 e. The lowest BCUT2D eigenvalue weighted by molar-refractivity contribution is 0.111. The third-order valence-electron chi connectivity index (χ3n) is 3.11. The van der Waals surface area contributed by atoms with Crippen LogP contribution in [0.5, 0.6) is 5.75 Å². The highest BCUT2D eigenvalue weighted by Gasteiger charge is 2.16. The van der Waals surface area contributed by atoms with Crippen LogP contribution in [0.25, 0.3) is 11.4 Å². The van der Waals surface area contributed by atoms with E-state index < -0.39 is 0 Å². The smallest absolute Gasteiger partial charge is 0.186 e. The first kappa shape index (κ1) is 15.8. The molecule has 0 unspecified atom stereocenters. The Bertz CT molecular complexity index is 897. The molecule has 9 nitrogen and oxygen atoms in total. The number of hydrogen-bond donors (Lipinski definition) is 1. The van der Waals surface area contributed by atoms with Crippen LogP contribution in [0.3, 0.4) is 0 Å². The zero-order valence-electron chi connectivity index (χ0n) is 12.8. The van der Waals surface area contributed by atoms with Gasteiger partial charge < -0.3 is 10.1 Å². The van der Waals surface area contributed by atoms with E-state index in [4.69, 9.17) is 16.3 Å². The third-order valence-corrected chi connectivity index (χ3v) is 3.30. The standard InChI is InChI=1S/C14H12ClN7O2/c1-22-7-17-14(21-22)8-4-16-5-10(13(8)24-2)18-9-3-12(15)20-19-11(9)6-23/h3-7H,1-2H3,(H,18,20). The minimum absolute atomic E-state index is 0.114. The minimum Gasteiger partial charge on any atom is -0.494 e. The van der Waals surface area contributed by atoms with Crippen molar-refractivity contribution in [2.24, 2.45) is 7.05 Å². The summed E-state index contributed by atoms with van der Waals surface area (Å²) in [6.45, 7) is 0. The maximum Gasteiger partial charge on any atom is 0.186 e. The molecule has 0 saturated heterocycles. The molecular formula is C14H12ClN7O2. The number of carbonyl (C=O) groups is 1. The van der Waals surface area contributed by atoms with Gasteiger partial charge >= 0.3 is 0 Å². The van der Waals surface area contributed by atoms with E-state index in [1.165, 1.54) is 13.2 Å². The molecule has 3 aromatic heterocycles. The fraction of sp³-hybridized carbons (Fsp3) is 0.143. The number of aromatic nitrogens is 6. The highest BCUT2D eigenvalue weighted by atomic mass is 35.5. The summed E-state index contributed by atoms with van der Waals surface area (Å²) >= 11 is 5.84. The maximum absolute atomic E-state index is 11.1. The quantitative estimate of drug-likeness (QED) is 0.698. The van der Waals surface area contributed by atoms with Gasteiger partial charge in [-0.3, -0.25) is 14.5 Å². The van der Waals surface area contributed by atoms with Crippen molar-refractivity contribution < 1.29 is 9.53 Å². The number of carbonyl (C=O) groups excluding carboxylic acids is 1. The number of aldehydes is 1. The van der Waals surface area contributed by atoms with E-state index in [-0.39, 0.29) is 10.8 Å². The van der Waals surface area contributed by atoms with Gasteiger partial charge in [-0.15, -0.1) is 10.2 Å². The lowest BCUT2D eigenvalue weighted by atomic mass is 10.2. The van der Waals surface area contributed by atoms with Crippen LogP contribution >= 0.6 is 11.6 Å². The molecule has 3 heterocycles. The maximum atomic E-state index is 11.1. The summed E-state index contributed by atoms with van der Waals surface area (Å²) in [7, 11) is 3.28. The summed E-state index contributed by atoms with van der Waals surface area (Å²) in [4.78, 5) is 19.5. The number of nitrogens with one attached hydrogen (secondary N) is 1. The molecule has 3 aromatic rings. The molecule has 1 N–H and O–H groups in total. The Morgan fingerprint density at radius 3 is 2.79 bits per heavy atom. The third kappa shape index (κ3) is 3.01. The number of aryl methyl sites for hydroxylation is 1. The van der Waals surface area contributed by atoms with Crippen molar-refractivity contribution >= 4 is 29.3 Å². The van der Waals surface area contributed by atoms with Crippen molar-refractivity contribution in [3.8, 4) is 17.1 Å². The van der Waals surface area contributed by atoms with Gasteiger partial charge in [0, 0.05) is 19.3 Å². The predicted octanol–water partition coefficient (Wildman–Crippen LogP) is 1.89. The number of methoxy groups -OCH3 is 1. The van der Waals surface area contributed by atoms with Gasteiger partial charge in [0.2, 0.25) is 0 Å². The van der Waals surface area contributed by atoms with Crippen molar-refractivity contribution in [2.45, 2.75) is 0 Å². The van der Waals surface area contributed by atoms with E-state index >= 15 is 0 Å². The summed E-state index contributed by atoms with van der Waals surface area (Å²) in [6, 6.07) is 1.49. The lowest BCUT2D eigenvalue weighted by Crippen LogP contribution is -2.03. The molecule has 0 saturated carbocycles. The van der Waals surface area contributed by atoms with Crippen molar-refractivity contribution in [2.75, 3.05) is 12.4 Å². The first-order valence-corrected chi connectivity index (χ1v) is 7.13. The SMILES string of the molecule is COc1c(Nc2cc(Cl)nnc2C=O)cncc1-c1ncn(C)n1. The van der Waals surface area contributed by atoms with E-state index in [1.54, 1.807) is 30.5 Å². The van der Waals surface area contributed by atoms with E-state index in [0.717, 1.165) is 0 Å². The number of pyridine rings is 1.